The molecule has 0 aromatic carbocycles. The van der Waals surface area contributed by atoms with Crippen LogP contribution in [0, 0.1) is 0 Å². The fraction of sp³-hybridized carbons (Fsp3) is 1.00. The zero-order valence-electron chi connectivity index (χ0n) is 8.24. The molecule has 0 bridgehead atoms. The molecule has 5 nitrogen and oxygen atoms in total. The SMILES string of the molecule is COCC(OC)(OC)OCC1CO1. The summed E-state index contributed by atoms with van der Waals surface area (Å²) >= 11 is 0. The van der Waals surface area contributed by atoms with Crippen LogP contribution in [0.4, 0.5) is 0 Å². The van der Waals surface area contributed by atoms with E-state index in [1.165, 1.54) is 14.2 Å². The van der Waals surface area contributed by atoms with Gasteiger partial charge in [-0.05, 0) is 0 Å². The van der Waals surface area contributed by atoms with Crippen molar-refractivity contribution in [2.75, 3.05) is 41.2 Å². The van der Waals surface area contributed by atoms with Gasteiger partial charge in [-0.15, -0.1) is 0 Å². The summed E-state index contributed by atoms with van der Waals surface area (Å²) in [4.78, 5) is 0. The molecule has 1 saturated heterocycles. The zero-order chi connectivity index (χ0) is 9.73. The highest BCUT2D eigenvalue weighted by molar-refractivity contribution is 4.69. The van der Waals surface area contributed by atoms with Crippen molar-refractivity contribution in [1.82, 2.24) is 0 Å². The van der Waals surface area contributed by atoms with Crippen LogP contribution in [-0.2, 0) is 23.7 Å². The van der Waals surface area contributed by atoms with Crippen LogP contribution in [0.1, 0.15) is 0 Å². The number of ether oxygens (including phenoxy) is 5. The van der Waals surface area contributed by atoms with Gasteiger partial charge in [0.1, 0.15) is 12.7 Å². The Morgan fingerprint density at radius 2 is 1.92 bits per heavy atom. The van der Waals surface area contributed by atoms with E-state index in [-0.39, 0.29) is 12.7 Å². The number of methoxy groups -OCH3 is 3. The molecule has 1 rings (SSSR count). The highest BCUT2D eigenvalue weighted by Crippen LogP contribution is 2.18. The molecule has 1 heterocycles. The molecule has 1 aliphatic heterocycles. The topological polar surface area (TPSA) is 49.5 Å². The molecule has 78 valence electrons. The van der Waals surface area contributed by atoms with Crippen molar-refractivity contribution < 1.29 is 23.7 Å². The van der Waals surface area contributed by atoms with Crippen molar-refractivity contribution in [2.45, 2.75) is 12.1 Å². The predicted molar refractivity (Wildman–Crippen MR) is 44.3 cm³/mol. The average molecular weight is 192 g/mol. The van der Waals surface area contributed by atoms with Gasteiger partial charge in [0.05, 0.1) is 13.2 Å². The van der Waals surface area contributed by atoms with Gasteiger partial charge in [-0.25, -0.2) is 0 Å². The number of hydrogen-bond acceptors (Lipinski definition) is 5. The Kier molecular flexibility index (Phi) is 4.08. The van der Waals surface area contributed by atoms with Gasteiger partial charge in [0, 0.05) is 21.3 Å². The molecule has 5 heteroatoms. The molecule has 1 aliphatic rings. The highest BCUT2D eigenvalue weighted by atomic mass is 16.9. The summed E-state index contributed by atoms with van der Waals surface area (Å²) in [5.41, 5.74) is 0. The van der Waals surface area contributed by atoms with Crippen molar-refractivity contribution in [2.24, 2.45) is 0 Å². The van der Waals surface area contributed by atoms with Crippen LogP contribution in [0.3, 0.4) is 0 Å². The molecular formula is C8H16O5. The minimum Gasteiger partial charge on any atom is -0.376 e. The number of epoxide rings is 1. The maximum atomic E-state index is 5.40. The Labute approximate surface area is 77.9 Å². The summed E-state index contributed by atoms with van der Waals surface area (Å²) in [6.07, 6.45) is 0.182. The molecule has 1 unspecified atom stereocenters. The van der Waals surface area contributed by atoms with Crippen LogP contribution in [-0.4, -0.2) is 53.2 Å². The monoisotopic (exact) mass is 192 g/mol. The minimum absolute atomic E-state index is 0.182. The van der Waals surface area contributed by atoms with Crippen molar-refractivity contribution >= 4 is 0 Å². The predicted octanol–water partition coefficient (Wildman–Crippen LogP) is -0.00520. The molecule has 0 aliphatic carbocycles. The van der Waals surface area contributed by atoms with Crippen LogP contribution < -0.4 is 0 Å². The normalized spacial score (nSPS) is 21.9. The minimum atomic E-state index is -1.10. The molecule has 1 fully saturated rings. The van der Waals surface area contributed by atoms with Gasteiger partial charge in [-0.2, -0.15) is 0 Å². The van der Waals surface area contributed by atoms with E-state index in [0.29, 0.717) is 6.61 Å². The van der Waals surface area contributed by atoms with Gasteiger partial charge < -0.3 is 23.7 Å². The lowest BCUT2D eigenvalue weighted by Gasteiger charge is -2.29. The quantitative estimate of drug-likeness (QED) is 0.419. The lowest BCUT2D eigenvalue weighted by molar-refractivity contribution is -0.376. The smallest absolute Gasteiger partial charge is 0.307 e. The first-order valence-electron chi connectivity index (χ1n) is 4.11. The van der Waals surface area contributed by atoms with Crippen molar-refractivity contribution in [3.05, 3.63) is 0 Å². The first kappa shape index (κ1) is 10.9. The van der Waals surface area contributed by atoms with Crippen LogP contribution >= 0.6 is 0 Å². The van der Waals surface area contributed by atoms with E-state index < -0.39 is 5.97 Å². The number of rotatable bonds is 7. The van der Waals surface area contributed by atoms with Crippen LogP contribution in [0.5, 0.6) is 0 Å². The molecule has 0 amide bonds. The van der Waals surface area contributed by atoms with Crippen molar-refractivity contribution in [1.29, 1.82) is 0 Å². The molecule has 0 aromatic rings. The third kappa shape index (κ3) is 3.21. The molecule has 0 spiro atoms. The summed E-state index contributed by atoms with van der Waals surface area (Å²) in [6.45, 7) is 1.44. The Balaban J connectivity index is 2.32. The maximum Gasteiger partial charge on any atom is 0.307 e. The van der Waals surface area contributed by atoms with Crippen LogP contribution in [0.25, 0.3) is 0 Å². The van der Waals surface area contributed by atoms with Gasteiger partial charge in [0.15, 0.2) is 0 Å². The molecule has 0 aromatic heterocycles. The molecule has 13 heavy (non-hydrogen) atoms. The second-order valence-corrected chi connectivity index (χ2v) is 2.79. The summed E-state index contributed by atoms with van der Waals surface area (Å²) in [5, 5.41) is 0. The standard InChI is InChI=1S/C8H16O5/c1-9-6-8(10-2,11-3)13-5-7-4-12-7/h7H,4-6H2,1-3H3. The third-order valence-corrected chi connectivity index (χ3v) is 1.83. The first-order valence-corrected chi connectivity index (χ1v) is 4.11. The van der Waals surface area contributed by atoms with Crippen LogP contribution in [0.15, 0.2) is 0 Å². The Hall–Kier alpha value is -0.200. The van der Waals surface area contributed by atoms with E-state index in [0.717, 1.165) is 6.61 Å². The molecule has 0 radical (unpaired) electrons. The Morgan fingerprint density at radius 3 is 2.31 bits per heavy atom. The van der Waals surface area contributed by atoms with E-state index >= 15 is 0 Å². The highest BCUT2D eigenvalue weighted by Gasteiger charge is 2.34. The van der Waals surface area contributed by atoms with Crippen LogP contribution in [0.2, 0.25) is 0 Å². The van der Waals surface area contributed by atoms with E-state index in [2.05, 4.69) is 0 Å². The average Bonchev–Trinajstić information content (AvgIpc) is 2.96. The Morgan fingerprint density at radius 1 is 1.31 bits per heavy atom. The molecule has 0 saturated carbocycles. The van der Waals surface area contributed by atoms with E-state index in [1.807, 2.05) is 0 Å². The molecular weight excluding hydrogens is 176 g/mol. The summed E-state index contributed by atoms with van der Waals surface area (Å²) in [5.74, 6) is -1.10. The lowest BCUT2D eigenvalue weighted by Crippen LogP contribution is -2.42. The van der Waals surface area contributed by atoms with E-state index in [9.17, 15) is 0 Å². The lowest BCUT2D eigenvalue weighted by atomic mass is 10.5. The first-order chi connectivity index (χ1) is 6.26. The fourth-order valence-corrected chi connectivity index (χ4v) is 0.922. The van der Waals surface area contributed by atoms with E-state index in [4.69, 9.17) is 23.7 Å². The summed E-state index contributed by atoms with van der Waals surface area (Å²) in [6, 6.07) is 0. The second-order valence-electron chi connectivity index (χ2n) is 2.79. The van der Waals surface area contributed by atoms with Gasteiger partial charge >= 0.3 is 5.97 Å². The summed E-state index contributed by atoms with van der Waals surface area (Å²) < 4.78 is 25.5. The Bertz CT molecular complexity index is 141. The fourth-order valence-electron chi connectivity index (χ4n) is 0.922. The molecule has 1 atom stereocenters. The number of hydrogen-bond donors (Lipinski definition) is 0. The summed E-state index contributed by atoms with van der Waals surface area (Å²) in [7, 11) is 4.58. The van der Waals surface area contributed by atoms with Crippen molar-refractivity contribution in [3.63, 3.8) is 0 Å². The van der Waals surface area contributed by atoms with Crippen molar-refractivity contribution in [3.8, 4) is 0 Å². The zero-order valence-corrected chi connectivity index (χ0v) is 8.24. The maximum absolute atomic E-state index is 5.40. The van der Waals surface area contributed by atoms with Gasteiger partial charge in [-0.1, -0.05) is 0 Å². The largest absolute Gasteiger partial charge is 0.376 e. The van der Waals surface area contributed by atoms with Gasteiger partial charge in [0.25, 0.3) is 0 Å². The third-order valence-electron chi connectivity index (χ3n) is 1.83. The second kappa shape index (κ2) is 4.88. The van der Waals surface area contributed by atoms with Gasteiger partial charge in [0.2, 0.25) is 0 Å². The van der Waals surface area contributed by atoms with E-state index in [1.54, 1.807) is 7.11 Å². The molecule has 0 N–H and O–H groups in total. The van der Waals surface area contributed by atoms with Gasteiger partial charge in [-0.3, -0.25) is 0 Å².